The molecule has 0 saturated carbocycles. The predicted molar refractivity (Wildman–Crippen MR) is 53.2 cm³/mol. The lowest BCUT2D eigenvalue weighted by atomic mass is 10.2. The summed E-state index contributed by atoms with van der Waals surface area (Å²) in [6.07, 6.45) is 1.62. The van der Waals surface area contributed by atoms with Crippen molar-refractivity contribution in [2.75, 3.05) is 6.26 Å². The minimum atomic E-state index is -1.03. The Morgan fingerprint density at radius 1 is 1.46 bits per heavy atom. The molecule has 0 aliphatic heterocycles. The largest absolute Gasteiger partial charge is 0.331 e. The standard InChI is InChI=1S/C9H10N2OS/c1-6-3-4-7-8(5-6)11-9(10-7)13(2)12/h3-5H,1-2H3,(H,10,11). The van der Waals surface area contributed by atoms with Crippen LogP contribution in [0.4, 0.5) is 0 Å². The molecule has 0 saturated heterocycles. The number of nitrogens with one attached hydrogen (secondary N) is 1. The summed E-state index contributed by atoms with van der Waals surface area (Å²) in [6.45, 7) is 2.02. The number of aromatic amines is 1. The van der Waals surface area contributed by atoms with Crippen molar-refractivity contribution >= 4 is 21.8 Å². The fraction of sp³-hybridized carbons (Fsp3) is 0.222. The lowest BCUT2D eigenvalue weighted by molar-refractivity contribution is 0.682. The third kappa shape index (κ3) is 1.49. The molecule has 0 amide bonds. The molecule has 1 aromatic heterocycles. The molecule has 1 unspecified atom stereocenters. The van der Waals surface area contributed by atoms with Gasteiger partial charge in [0.2, 0.25) is 0 Å². The fourth-order valence-corrected chi connectivity index (χ4v) is 1.72. The highest BCUT2D eigenvalue weighted by Crippen LogP contribution is 2.14. The van der Waals surface area contributed by atoms with Crippen molar-refractivity contribution in [3.63, 3.8) is 0 Å². The molecule has 4 heteroatoms. The van der Waals surface area contributed by atoms with E-state index in [9.17, 15) is 4.21 Å². The third-order valence-corrected chi connectivity index (χ3v) is 2.63. The zero-order valence-electron chi connectivity index (χ0n) is 7.50. The molecule has 1 atom stereocenters. The zero-order valence-corrected chi connectivity index (χ0v) is 8.31. The van der Waals surface area contributed by atoms with E-state index in [1.54, 1.807) is 6.26 Å². The van der Waals surface area contributed by atoms with Crippen molar-refractivity contribution < 1.29 is 4.21 Å². The van der Waals surface area contributed by atoms with Crippen molar-refractivity contribution in [3.05, 3.63) is 23.8 Å². The van der Waals surface area contributed by atoms with Gasteiger partial charge in [-0.25, -0.2) is 4.98 Å². The quantitative estimate of drug-likeness (QED) is 0.749. The van der Waals surface area contributed by atoms with Gasteiger partial charge in [-0.1, -0.05) is 6.07 Å². The van der Waals surface area contributed by atoms with Crippen LogP contribution in [-0.4, -0.2) is 20.4 Å². The van der Waals surface area contributed by atoms with E-state index < -0.39 is 10.8 Å². The van der Waals surface area contributed by atoms with Gasteiger partial charge >= 0.3 is 0 Å². The van der Waals surface area contributed by atoms with Gasteiger partial charge < -0.3 is 4.98 Å². The molecule has 2 rings (SSSR count). The Hall–Kier alpha value is -1.16. The van der Waals surface area contributed by atoms with Crippen molar-refractivity contribution in [2.45, 2.75) is 12.1 Å². The molecule has 0 aliphatic carbocycles. The lowest BCUT2D eigenvalue weighted by Gasteiger charge is -1.89. The lowest BCUT2D eigenvalue weighted by Crippen LogP contribution is -1.88. The Morgan fingerprint density at radius 2 is 2.23 bits per heavy atom. The van der Waals surface area contributed by atoms with Crippen LogP contribution in [0.15, 0.2) is 23.4 Å². The highest BCUT2D eigenvalue weighted by atomic mass is 32.2. The Morgan fingerprint density at radius 3 is 2.92 bits per heavy atom. The maximum atomic E-state index is 11.1. The number of hydrogen-bond donors (Lipinski definition) is 1. The van der Waals surface area contributed by atoms with E-state index in [0.29, 0.717) is 5.16 Å². The first-order valence-corrected chi connectivity index (χ1v) is 5.52. The number of imidazole rings is 1. The van der Waals surface area contributed by atoms with Crippen LogP contribution in [0, 0.1) is 6.92 Å². The number of benzene rings is 1. The second-order valence-electron chi connectivity index (χ2n) is 3.02. The predicted octanol–water partition coefficient (Wildman–Crippen LogP) is 1.61. The van der Waals surface area contributed by atoms with Gasteiger partial charge in [0.05, 0.1) is 21.8 Å². The number of hydrogen-bond acceptors (Lipinski definition) is 2. The van der Waals surface area contributed by atoms with Crippen molar-refractivity contribution in [3.8, 4) is 0 Å². The highest BCUT2D eigenvalue weighted by molar-refractivity contribution is 7.84. The molecular weight excluding hydrogens is 184 g/mol. The van der Waals surface area contributed by atoms with Gasteiger partial charge in [0.1, 0.15) is 0 Å². The average Bonchev–Trinajstić information content (AvgIpc) is 2.46. The van der Waals surface area contributed by atoms with E-state index in [2.05, 4.69) is 9.97 Å². The van der Waals surface area contributed by atoms with Crippen molar-refractivity contribution in [1.82, 2.24) is 9.97 Å². The summed E-state index contributed by atoms with van der Waals surface area (Å²) in [5, 5.41) is 0.542. The Labute approximate surface area is 78.6 Å². The van der Waals surface area contributed by atoms with Crippen molar-refractivity contribution in [1.29, 1.82) is 0 Å². The van der Waals surface area contributed by atoms with Gasteiger partial charge in [-0.3, -0.25) is 4.21 Å². The summed E-state index contributed by atoms with van der Waals surface area (Å²) in [7, 11) is -1.03. The molecule has 68 valence electrons. The molecule has 0 radical (unpaired) electrons. The molecule has 2 aromatic rings. The van der Waals surface area contributed by atoms with Crippen LogP contribution >= 0.6 is 0 Å². The minimum Gasteiger partial charge on any atom is -0.331 e. The molecule has 0 spiro atoms. The van der Waals surface area contributed by atoms with Crippen LogP contribution in [0.3, 0.4) is 0 Å². The van der Waals surface area contributed by atoms with Crippen LogP contribution in [0.25, 0.3) is 11.0 Å². The van der Waals surface area contributed by atoms with Crippen LogP contribution in [0.1, 0.15) is 5.56 Å². The van der Waals surface area contributed by atoms with E-state index in [-0.39, 0.29) is 0 Å². The van der Waals surface area contributed by atoms with Crippen LogP contribution < -0.4 is 0 Å². The van der Waals surface area contributed by atoms with E-state index in [1.807, 2.05) is 25.1 Å². The van der Waals surface area contributed by atoms with E-state index >= 15 is 0 Å². The summed E-state index contributed by atoms with van der Waals surface area (Å²) in [4.78, 5) is 7.22. The van der Waals surface area contributed by atoms with Gasteiger partial charge in [0, 0.05) is 6.26 Å². The number of aryl methyl sites for hydroxylation is 1. The summed E-state index contributed by atoms with van der Waals surface area (Å²) in [6, 6.07) is 5.92. The Balaban J connectivity index is 2.68. The SMILES string of the molecule is Cc1ccc2nc(S(C)=O)[nH]c2c1. The summed E-state index contributed by atoms with van der Waals surface area (Å²) in [5.41, 5.74) is 2.99. The number of rotatable bonds is 1. The second kappa shape index (κ2) is 2.96. The van der Waals surface area contributed by atoms with E-state index in [1.165, 1.54) is 5.56 Å². The van der Waals surface area contributed by atoms with Crippen LogP contribution in [-0.2, 0) is 10.8 Å². The zero-order chi connectivity index (χ0) is 9.42. The number of aromatic nitrogens is 2. The molecule has 1 N–H and O–H groups in total. The number of H-pyrrole nitrogens is 1. The molecule has 1 heterocycles. The van der Waals surface area contributed by atoms with E-state index in [4.69, 9.17) is 0 Å². The number of nitrogens with zero attached hydrogens (tertiary/aromatic N) is 1. The molecule has 1 aromatic carbocycles. The maximum Gasteiger partial charge on any atom is 0.197 e. The summed E-state index contributed by atoms with van der Waals surface area (Å²) >= 11 is 0. The summed E-state index contributed by atoms with van der Waals surface area (Å²) in [5.74, 6) is 0. The highest BCUT2D eigenvalue weighted by Gasteiger charge is 2.04. The monoisotopic (exact) mass is 194 g/mol. The molecule has 0 aliphatic rings. The molecule has 3 nitrogen and oxygen atoms in total. The fourth-order valence-electron chi connectivity index (χ4n) is 1.24. The normalized spacial score (nSPS) is 13.4. The summed E-state index contributed by atoms with van der Waals surface area (Å²) < 4.78 is 11.1. The average molecular weight is 194 g/mol. The smallest absolute Gasteiger partial charge is 0.197 e. The molecular formula is C9H10N2OS. The molecule has 0 fully saturated rings. The van der Waals surface area contributed by atoms with Crippen LogP contribution in [0.2, 0.25) is 0 Å². The van der Waals surface area contributed by atoms with E-state index in [0.717, 1.165) is 11.0 Å². The number of fused-ring (bicyclic) bond motifs is 1. The Bertz CT molecular complexity index is 475. The second-order valence-corrected chi connectivity index (χ2v) is 4.31. The van der Waals surface area contributed by atoms with Crippen LogP contribution in [0.5, 0.6) is 0 Å². The van der Waals surface area contributed by atoms with Gasteiger partial charge in [0.25, 0.3) is 0 Å². The third-order valence-electron chi connectivity index (χ3n) is 1.89. The van der Waals surface area contributed by atoms with Gasteiger partial charge in [-0.2, -0.15) is 0 Å². The van der Waals surface area contributed by atoms with Crippen molar-refractivity contribution in [2.24, 2.45) is 0 Å². The van der Waals surface area contributed by atoms with Gasteiger partial charge in [0.15, 0.2) is 5.16 Å². The first-order chi connectivity index (χ1) is 6.16. The minimum absolute atomic E-state index is 0.542. The first kappa shape index (κ1) is 8.44. The first-order valence-electron chi connectivity index (χ1n) is 3.96. The topological polar surface area (TPSA) is 45.8 Å². The maximum absolute atomic E-state index is 11.1. The van der Waals surface area contributed by atoms with Gasteiger partial charge in [-0.05, 0) is 24.6 Å². The Kier molecular flexibility index (Phi) is 1.92. The molecule has 13 heavy (non-hydrogen) atoms. The van der Waals surface area contributed by atoms with Gasteiger partial charge in [-0.15, -0.1) is 0 Å². The molecule has 0 bridgehead atoms.